The Kier molecular flexibility index (Phi) is 2.08. The summed E-state index contributed by atoms with van der Waals surface area (Å²) in [5.74, 6) is -0.292. The van der Waals surface area contributed by atoms with E-state index in [1.165, 1.54) is 4.90 Å². The second kappa shape index (κ2) is 2.86. The molecule has 1 aliphatic heterocycles. The minimum atomic E-state index is -0.137. The molecule has 1 rings (SSSR count). The molecule has 0 aromatic heterocycles. The van der Waals surface area contributed by atoms with E-state index in [4.69, 9.17) is 0 Å². The number of hydrogen-bond acceptors (Lipinski definition) is 2. The standard InChI is InChI=1S/C8H11NO2/c1-3-4-9-7(10)5-6(2)8(9)11/h3,6H,1,4-5H2,2H3/t6-/m1/s1. The highest BCUT2D eigenvalue weighted by molar-refractivity contribution is 6.03. The van der Waals surface area contributed by atoms with E-state index in [2.05, 4.69) is 6.58 Å². The fraction of sp³-hybridized carbons (Fsp3) is 0.500. The number of rotatable bonds is 2. The molecule has 0 saturated carbocycles. The predicted molar refractivity (Wildman–Crippen MR) is 40.7 cm³/mol. The molecule has 1 aliphatic rings. The van der Waals surface area contributed by atoms with Crippen molar-refractivity contribution in [3.63, 3.8) is 0 Å². The van der Waals surface area contributed by atoms with Gasteiger partial charge in [0.1, 0.15) is 0 Å². The number of likely N-dealkylation sites (tertiary alicyclic amines) is 1. The molecule has 1 heterocycles. The molecule has 0 aromatic rings. The smallest absolute Gasteiger partial charge is 0.232 e. The van der Waals surface area contributed by atoms with Gasteiger partial charge >= 0.3 is 0 Å². The van der Waals surface area contributed by atoms with Crippen molar-refractivity contribution in [2.75, 3.05) is 6.54 Å². The summed E-state index contributed by atoms with van der Waals surface area (Å²) in [5.41, 5.74) is 0. The van der Waals surface area contributed by atoms with Gasteiger partial charge in [-0.25, -0.2) is 0 Å². The van der Waals surface area contributed by atoms with Gasteiger partial charge in [-0.05, 0) is 0 Å². The van der Waals surface area contributed by atoms with Gasteiger partial charge in [-0.3, -0.25) is 14.5 Å². The van der Waals surface area contributed by atoms with E-state index in [1.54, 1.807) is 13.0 Å². The van der Waals surface area contributed by atoms with Crippen molar-refractivity contribution in [2.24, 2.45) is 5.92 Å². The Morgan fingerprint density at radius 3 is 2.73 bits per heavy atom. The van der Waals surface area contributed by atoms with Crippen molar-refractivity contribution < 1.29 is 9.59 Å². The van der Waals surface area contributed by atoms with E-state index in [-0.39, 0.29) is 17.7 Å². The zero-order chi connectivity index (χ0) is 8.43. The molecule has 0 radical (unpaired) electrons. The van der Waals surface area contributed by atoms with Gasteiger partial charge in [0.2, 0.25) is 11.8 Å². The predicted octanol–water partition coefficient (Wildman–Crippen LogP) is 0.567. The van der Waals surface area contributed by atoms with Crippen LogP contribution in [0.3, 0.4) is 0 Å². The number of imide groups is 1. The van der Waals surface area contributed by atoms with Crippen LogP contribution in [0, 0.1) is 5.92 Å². The van der Waals surface area contributed by atoms with Crippen molar-refractivity contribution in [1.82, 2.24) is 4.90 Å². The Morgan fingerprint density at radius 2 is 2.36 bits per heavy atom. The summed E-state index contributed by atoms with van der Waals surface area (Å²) < 4.78 is 0. The summed E-state index contributed by atoms with van der Waals surface area (Å²) >= 11 is 0. The monoisotopic (exact) mass is 153 g/mol. The second-order valence-corrected chi connectivity index (χ2v) is 2.74. The van der Waals surface area contributed by atoms with Gasteiger partial charge in [-0.2, -0.15) is 0 Å². The van der Waals surface area contributed by atoms with E-state index in [9.17, 15) is 9.59 Å². The highest BCUT2D eigenvalue weighted by atomic mass is 16.2. The van der Waals surface area contributed by atoms with Gasteiger partial charge < -0.3 is 0 Å². The van der Waals surface area contributed by atoms with Gasteiger partial charge in [-0.15, -0.1) is 6.58 Å². The van der Waals surface area contributed by atoms with Crippen molar-refractivity contribution in [2.45, 2.75) is 13.3 Å². The molecule has 3 heteroatoms. The summed E-state index contributed by atoms with van der Waals surface area (Å²) in [6, 6.07) is 0. The highest BCUT2D eigenvalue weighted by Crippen LogP contribution is 2.17. The molecule has 1 atom stereocenters. The van der Waals surface area contributed by atoms with Crippen LogP contribution in [0.5, 0.6) is 0 Å². The molecule has 0 bridgehead atoms. The van der Waals surface area contributed by atoms with Crippen molar-refractivity contribution >= 4 is 11.8 Å². The van der Waals surface area contributed by atoms with Crippen molar-refractivity contribution in [3.8, 4) is 0 Å². The normalized spacial score (nSPS) is 24.5. The number of hydrogen-bond donors (Lipinski definition) is 0. The molecule has 11 heavy (non-hydrogen) atoms. The minimum absolute atomic E-state index is 0.0742. The van der Waals surface area contributed by atoms with Crippen LogP contribution < -0.4 is 0 Å². The van der Waals surface area contributed by atoms with Gasteiger partial charge in [0, 0.05) is 18.9 Å². The number of amides is 2. The van der Waals surface area contributed by atoms with E-state index in [1.807, 2.05) is 0 Å². The van der Waals surface area contributed by atoms with Crippen LogP contribution in [-0.4, -0.2) is 23.3 Å². The molecule has 0 spiro atoms. The Bertz CT molecular complexity index is 210. The van der Waals surface area contributed by atoms with Gasteiger partial charge in [-0.1, -0.05) is 13.0 Å². The van der Waals surface area contributed by atoms with Crippen LogP contribution in [0.15, 0.2) is 12.7 Å². The molecule has 0 aromatic carbocycles. The van der Waals surface area contributed by atoms with E-state index < -0.39 is 0 Å². The topological polar surface area (TPSA) is 37.4 Å². The third-order valence-corrected chi connectivity index (χ3v) is 1.78. The zero-order valence-electron chi connectivity index (χ0n) is 6.54. The first-order valence-corrected chi connectivity index (χ1v) is 3.62. The second-order valence-electron chi connectivity index (χ2n) is 2.74. The molecule has 0 N–H and O–H groups in total. The van der Waals surface area contributed by atoms with E-state index >= 15 is 0 Å². The lowest BCUT2D eigenvalue weighted by Gasteiger charge is -2.09. The third-order valence-electron chi connectivity index (χ3n) is 1.78. The van der Waals surface area contributed by atoms with E-state index in [0.29, 0.717) is 13.0 Å². The quantitative estimate of drug-likeness (QED) is 0.429. The fourth-order valence-electron chi connectivity index (χ4n) is 1.17. The maximum atomic E-state index is 11.2. The fourth-order valence-corrected chi connectivity index (χ4v) is 1.17. The molecule has 0 aliphatic carbocycles. The average molecular weight is 153 g/mol. The lowest BCUT2D eigenvalue weighted by atomic mass is 10.1. The zero-order valence-corrected chi connectivity index (χ0v) is 6.54. The van der Waals surface area contributed by atoms with Crippen molar-refractivity contribution in [3.05, 3.63) is 12.7 Å². The maximum Gasteiger partial charge on any atom is 0.232 e. The Hall–Kier alpha value is -1.12. The summed E-state index contributed by atoms with van der Waals surface area (Å²) in [4.78, 5) is 23.5. The van der Waals surface area contributed by atoms with Gasteiger partial charge in [0.25, 0.3) is 0 Å². The molecule has 2 amide bonds. The Labute approximate surface area is 65.7 Å². The highest BCUT2D eigenvalue weighted by Gasteiger charge is 2.34. The number of carbonyl (C=O) groups excluding carboxylic acids is 2. The average Bonchev–Trinajstić information content (AvgIpc) is 2.17. The Balaban J connectivity index is 2.71. The van der Waals surface area contributed by atoms with Crippen LogP contribution in [0.1, 0.15) is 13.3 Å². The molecule has 0 unspecified atom stereocenters. The molecular formula is C8H11NO2. The molecule has 3 nitrogen and oxygen atoms in total. The van der Waals surface area contributed by atoms with Gasteiger partial charge in [0.05, 0.1) is 0 Å². The van der Waals surface area contributed by atoms with E-state index in [0.717, 1.165) is 0 Å². The molecule has 1 saturated heterocycles. The maximum absolute atomic E-state index is 11.2. The third kappa shape index (κ3) is 1.31. The summed E-state index contributed by atoms with van der Waals surface area (Å²) in [5, 5.41) is 0. The van der Waals surface area contributed by atoms with Gasteiger partial charge in [0.15, 0.2) is 0 Å². The summed E-state index contributed by atoms with van der Waals surface area (Å²) in [6.45, 7) is 5.59. The summed E-state index contributed by atoms with van der Waals surface area (Å²) in [7, 11) is 0. The number of carbonyl (C=O) groups is 2. The van der Waals surface area contributed by atoms with Crippen LogP contribution >= 0.6 is 0 Å². The molecule has 60 valence electrons. The first kappa shape index (κ1) is 7.98. The first-order valence-electron chi connectivity index (χ1n) is 3.62. The van der Waals surface area contributed by atoms with Crippen LogP contribution in [0.2, 0.25) is 0 Å². The Morgan fingerprint density at radius 1 is 1.73 bits per heavy atom. The molecular weight excluding hydrogens is 142 g/mol. The lowest BCUT2D eigenvalue weighted by molar-refractivity contribution is -0.138. The lowest BCUT2D eigenvalue weighted by Crippen LogP contribution is -2.30. The van der Waals surface area contributed by atoms with Crippen LogP contribution in [-0.2, 0) is 9.59 Å². The largest absolute Gasteiger partial charge is 0.278 e. The van der Waals surface area contributed by atoms with Crippen LogP contribution in [0.4, 0.5) is 0 Å². The number of nitrogens with zero attached hydrogens (tertiary/aromatic N) is 1. The first-order chi connectivity index (χ1) is 5.16. The minimum Gasteiger partial charge on any atom is -0.278 e. The van der Waals surface area contributed by atoms with Crippen LogP contribution in [0.25, 0.3) is 0 Å². The SMILES string of the molecule is C=CCN1C(=O)C[C@@H](C)C1=O. The summed E-state index contributed by atoms with van der Waals surface area (Å²) in [6.07, 6.45) is 1.92. The molecule has 1 fully saturated rings. The van der Waals surface area contributed by atoms with Crippen molar-refractivity contribution in [1.29, 1.82) is 0 Å².